The third kappa shape index (κ3) is 6.23. The van der Waals surface area contributed by atoms with Gasteiger partial charge >= 0.3 is 0 Å². The Morgan fingerprint density at radius 1 is 1.43 bits per heavy atom. The van der Waals surface area contributed by atoms with E-state index < -0.39 is 0 Å². The van der Waals surface area contributed by atoms with E-state index >= 15 is 0 Å². The molecule has 1 amide bonds. The number of amides is 1. The number of pyridine rings is 1. The summed E-state index contributed by atoms with van der Waals surface area (Å²) in [4.78, 5) is 18.6. The van der Waals surface area contributed by atoms with E-state index in [-0.39, 0.29) is 11.9 Å². The molecule has 1 heterocycles. The van der Waals surface area contributed by atoms with Crippen LogP contribution in [-0.4, -0.2) is 41.5 Å². The van der Waals surface area contributed by atoms with Crippen molar-refractivity contribution >= 4 is 5.91 Å². The lowest BCUT2D eigenvalue weighted by molar-refractivity contribution is -0.122. The van der Waals surface area contributed by atoms with E-state index in [0.717, 1.165) is 37.4 Å². The molecule has 5 heteroatoms. The number of nitrogens with one attached hydrogen (secondary N) is 1. The number of aromatic nitrogens is 1. The summed E-state index contributed by atoms with van der Waals surface area (Å²) in [6.07, 6.45) is 1.39. The van der Waals surface area contributed by atoms with Gasteiger partial charge in [0.2, 0.25) is 5.91 Å². The smallest absolute Gasteiger partial charge is 0.221 e. The first-order chi connectivity index (χ1) is 10.1. The zero-order valence-electron chi connectivity index (χ0n) is 13.4. The number of carbonyl (C=O) groups excluding carboxylic acids is 1. The Hall–Kier alpha value is -1.46. The minimum absolute atomic E-state index is 0.0502. The van der Waals surface area contributed by atoms with Gasteiger partial charge < -0.3 is 11.1 Å². The van der Waals surface area contributed by atoms with Gasteiger partial charge in [-0.05, 0) is 32.0 Å². The fourth-order valence-electron chi connectivity index (χ4n) is 2.31. The molecule has 0 saturated carbocycles. The summed E-state index contributed by atoms with van der Waals surface area (Å²) in [5.41, 5.74) is 7.89. The van der Waals surface area contributed by atoms with Gasteiger partial charge in [-0.25, -0.2) is 0 Å². The molecule has 0 aliphatic carbocycles. The molecule has 0 aliphatic heterocycles. The molecule has 0 saturated heterocycles. The van der Waals surface area contributed by atoms with Gasteiger partial charge in [0.1, 0.15) is 0 Å². The topological polar surface area (TPSA) is 71.2 Å². The molecule has 5 nitrogen and oxygen atoms in total. The lowest BCUT2D eigenvalue weighted by atomic mass is 10.1. The number of hydrogen-bond acceptors (Lipinski definition) is 4. The molecule has 0 aromatic carbocycles. The largest absolute Gasteiger partial charge is 0.356 e. The van der Waals surface area contributed by atoms with Crippen LogP contribution in [0.4, 0.5) is 0 Å². The van der Waals surface area contributed by atoms with Gasteiger partial charge in [0, 0.05) is 37.8 Å². The monoisotopic (exact) mass is 292 g/mol. The number of likely N-dealkylation sites (N-methyl/N-ethyl adjacent to an activating group) is 1. The fourth-order valence-corrected chi connectivity index (χ4v) is 2.31. The van der Waals surface area contributed by atoms with Crippen molar-refractivity contribution in [1.82, 2.24) is 15.2 Å². The van der Waals surface area contributed by atoms with E-state index in [1.807, 2.05) is 32.0 Å². The van der Waals surface area contributed by atoms with Gasteiger partial charge in [-0.2, -0.15) is 0 Å². The van der Waals surface area contributed by atoms with Crippen molar-refractivity contribution in [2.24, 2.45) is 5.73 Å². The summed E-state index contributed by atoms with van der Waals surface area (Å²) < 4.78 is 0. The predicted octanol–water partition coefficient (Wildman–Crippen LogP) is 1.46. The van der Waals surface area contributed by atoms with Crippen LogP contribution in [0.1, 0.15) is 38.1 Å². The van der Waals surface area contributed by atoms with Crippen molar-refractivity contribution in [3.63, 3.8) is 0 Å². The van der Waals surface area contributed by atoms with Crippen LogP contribution in [0.5, 0.6) is 0 Å². The van der Waals surface area contributed by atoms with Gasteiger partial charge in [0.05, 0.1) is 5.69 Å². The third-order valence-corrected chi connectivity index (χ3v) is 3.50. The number of nitrogens with zero attached hydrogens (tertiary/aromatic N) is 2. The lowest BCUT2D eigenvalue weighted by Crippen LogP contribution is -2.43. The van der Waals surface area contributed by atoms with Gasteiger partial charge in [0.15, 0.2) is 0 Å². The van der Waals surface area contributed by atoms with E-state index in [2.05, 4.69) is 22.1 Å². The van der Waals surface area contributed by atoms with Crippen molar-refractivity contribution < 1.29 is 4.79 Å². The van der Waals surface area contributed by atoms with E-state index in [4.69, 9.17) is 5.73 Å². The van der Waals surface area contributed by atoms with E-state index in [1.54, 1.807) is 0 Å². The molecule has 1 atom stereocenters. The summed E-state index contributed by atoms with van der Waals surface area (Å²) in [7, 11) is 0. The van der Waals surface area contributed by atoms with Crippen LogP contribution in [0.25, 0.3) is 0 Å². The van der Waals surface area contributed by atoms with Crippen LogP contribution >= 0.6 is 0 Å². The highest BCUT2D eigenvalue weighted by molar-refractivity contribution is 5.76. The molecule has 21 heavy (non-hydrogen) atoms. The van der Waals surface area contributed by atoms with Crippen LogP contribution in [-0.2, 0) is 11.3 Å². The van der Waals surface area contributed by atoms with E-state index in [1.165, 1.54) is 0 Å². The zero-order valence-corrected chi connectivity index (χ0v) is 13.4. The van der Waals surface area contributed by atoms with Gasteiger partial charge in [-0.15, -0.1) is 0 Å². The van der Waals surface area contributed by atoms with Gasteiger partial charge in [0.25, 0.3) is 0 Å². The Kier molecular flexibility index (Phi) is 7.93. The molecule has 1 aromatic rings. The maximum Gasteiger partial charge on any atom is 0.221 e. The Bertz CT molecular complexity index is 436. The minimum atomic E-state index is 0.0502. The molecular weight excluding hydrogens is 264 g/mol. The van der Waals surface area contributed by atoms with Crippen molar-refractivity contribution in [2.45, 2.75) is 46.2 Å². The highest BCUT2D eigenvalue weighted by atomic mass is 16.1. The first-order valence-corrected chi connectivity index (χ1v) is 7.74. The Labute approximate surface area is 127 Å². The average Bonchev–Trinajstić information content (AvgIpc) is 2.48. The fraction of sp³-hybridized carbons (Fsp3) is 0.625. The SMILES string of the molecule is CCCNC(=O)CC(CN)N(CC)Cc1cccc(C)n1. The molecule has 0 bridgehead atoms. The summed E-state index contributed by atoms with van der Waals surface area (Å²) in [5.74, 6) is 0.0722. The molecule has 0 fully saturated rings. The van der Waals surface area contributed by atoms with Crippen molar-refractivity contribution in [3.8, 4) is 0 Å². The normalized spacial score (nSPS) is 12.4. The van der Waals surface area contributed by atoms with Gasteiger partial charge in [-0.1, -0.05) is 19.9 Å². The second-order valence-electron chi connectivity index (χ2n) is 5.28. The summed E-state index contributed by atoms with van der Waals surface area (Å²) >= 11 is 0. The highest BCUT2D eigenvalue weighted by Gasteiger charge is 2.19. The van der Waals surface area contributed by atoms with E-state index in [9.17, 15) is 4.79 Å². The molecule has 1 unspecified atom stereocenters. The Morgan fingerprint density at radius 2 is 2.19 bits per heavy atom. The van der Waals surface area contributed by atoms with Crippen LogP contribution in [0.2, 0.25) is 0 Å². The quantitative estimate of drug-likeness (QED) is 0.723. The summed E-state index contributed by atoms with van der Waals surface area (Å²) in [6, 6.07) is 6.06. The zero-order chi connectivity index (χ0) is 15.7. The Morgan fingerprint density at radius 3 is 2.76 bits per heavy atom. The average molecular weight is 292 g/mol. The summed E-state index contributed by atoms with van der Waals surface area (Å²) in [6.45, 7) is 8.88. The van der Waals surface area contributed by atoms with Crippen molar-refractivity contribution in [3.05, 3.63) is 29.6 Å². The number of hydrogen-bond donors (Lipinski definition) is 2. The molecular formula is C16H28N4O. The van der Waals surface area contributed by atoms with Crippen LogP contribution < -0.4 is 11.1 Å². The van der Waals surface area contributed by atoms with Gasteiger partial charge in [-0.3, -0.25) is 14.7 Å². The molecule has 0 spiro atoms. The minimum Gasteiger partial charge on any atom is -0.356 e. The number of nitrogens with two attached hydrogens (primary N) is 1. The Balaban J connectivity index is 2.64. The van der Waals surface area contributed by atoms with Crippen molar-refractivity contribution in [2.75, 3.05) is 19.6 Å². The molecule has 118 valence electrons. The maximum absolute atomic E-state index is 11.9. The second kappa shape index (κ2) is 9.47. The summed E-state index contributed by atoms with van der Waals surface area (Å²) in [5, 5.41) is 2.91. The molecule has 1 rings (SSSR count). The number of carbonyl (C=O) groups is 1. The predicted molar refractivity (Wildman–Crippen MR) is 85.8 cm³/mol. The lowest BCUT2D eigenvalue weighted by Gasteiger charge is -2.29. The standard InChI is InChI=1S/C16H28N4O/c1-4-9-18-16(21)10-15(11-17)20(5-2)12-14-8-6-7-13(3)19-14/h6-8,15H,4-5,9-12,17H2,1-3H3,(H,18,21). The molecule has 1 aromatic heterocycles. The molecule has 0 aliphatic rings. The van der Waals surface area contributed by atoms with E-state index in [0.29, 0.717) is 13.0 Å². The second-order valence-corrected chi connectivity index (χ2v) is 5.28. The van der Waals surface area contributed by atoms with Crippen LogP contribution in [0.3, 0.4) is 0 Å². The first-order valence-electron chi connectivity index (χ1n) is 7.74. The van der Waals surface area contributed by atoms with Crippen molar-refractivity contribution in [1.29, 1.82) is 0 Å². The third-order valence-electron chi connectivity index (χ3n) is 3.50. The van der Waals surface area contributed by atoms with Crippen LogP contribution in [0.15, 0.2) is 18.2 Å². The highest BCUT2D eigenvalue weighted by Crippen LogP contribution is 2.09. The maximum atomic E-state index is 11.9. The molecule has 0 radical (unpaired) electrons. The number of rotatable bonds is 9. The first kappa shape index (κ1) is 17.6. The number of aryl methyl sites for hydroxylation is 1. The van der Waals surface area contributed by atoms with Crippen LogP contribution in [0, 0.1) is 6.92 Å². The molecule has 3 N–H and O–H groups in total.